The van der Waals surface area contributed by atoms with Gasteiger partial charge >= 0.3 is 0 Å². The number of hydrogen-bond donors (Lipinski definition) is 1. The van der Waals surface area contributed by atoms with Crippen LogP contribution in [0.2, 0.25) is 0 Å². The van der Waals surface area contributed by atoms with Gasteiger partial charge in [0.05, 0.1) is 0 Å². The van der Waals surface area contributed by atoms with Crippen LogP contribution in [0.25, 0.3) is 0 Å². The summed E-state index contributed by atoms with van der Waals surface area (Å²) in [7, 11) is 0. The Balaban J connectivity index is 3.01. The van der Waals surface area contributed by atoms with Crippen LogP contribution >= 0.6 is 15.9 Å². The van der Waals surface area contributed by atoms with Crippen molar-refractivity contribution in [2.45, 2.75) is 32.4 Å². The Morgan fingerprint density at radius 2 is 2.13 bits per heavy atom. The summed E-state index contributed by atoms with van der Waals surface area (Å²) in [6.07, 6.45) is 2.09. The van der Waals surface area contributed by atoms with Crippen LogP contribution in [-0.2, 0) is 12.1 Å². The summed E-state index contributed by atoms with van der Waals surface area (Å²) >= 11 is 3.46. The molecule has 1 aromatic carbocycles. The van der Waals surface area contributed by atoms with E-state index < -0.39 is 5.67 Å². The predicted molar refractivity (Wildman–Crippen MR) is 65.7 cm³/mol. The van der Waals surface area contributed by atoms with Gasteiger partial charge in [0.2, 0.25) is 0 Å². The van der Waals surface area contributed by atoms with Crippen molar-refractivity contribution < 1.29 is 4.39 Å². The highest BCUT2D eigenvalue weighted by Crippen LogP contribution is 2.29. The van der Waals surface area contributed by atoms with E-state index in [1.807, 2.05) is 18.2 Å². The third-order valence-corrected chi connectivity index (χ3v) is 3.30. The summed E-state index contributed by atoms with van der Waals surface area (Å²) in [5.41, 5.74) is 5.81. The molecule has 3 heteroatoms. The van der Waals surface area contributed by atoms with Crippen LogP contribution in [0.4, 0.5) is 4.39 Å². The first-order chi connectivity index (χ1) is 7.01. The first-order valence-electron chi connectivity index (χ1n) is 5.19. The highest BCUT2D eigenvalue weighted by Gasteiger charge is 2.24. The summed E-state index contributed by atoms with van der Waals surface area (Å²) in [5, 5.41) is 0. The molecule has 0 spiro atoms. The second-order valence-electron chi connectivity index (χ2n) is 3.96. The molecule has 15 heavy (non-hydrogen) atoms. The molecule has 0 aliphatic heterocycles. The van der Waals surface area contributed by atoms with E-state index >= 15 is 0 Å². The van der Waals surface area contributed by atoms with Crippen LogP contribution in [0.1, 0.15) is 31.4 Å². The molecule has 0 aliphatic carbocycles. The third-order valence-electron chi connectivity index (χ3n) is 2.56. The zero-order valence-electron chi connectivity index (χ0n) is 9.19. The van der Waals surface area contributed by atoms with Crippen molar-refractivity contribution in [2.24, 2.45) is 5.73 Å². The molecular weight excluding hydrogens is 257 g/mol. The van der Waals surface area contributed by atoms with Crippen LogP contribution < -0.4 is 5.73 Å². The molecule has 0 fully saturated rings. The van der Waals surface area contributed by atoms with Crippen molar-refractivity contribution in [3.63, 3.8) is 0 Å². The van der Waals surface area contributed by atoms with Gasteiger partial charge in [-0.25, -0.2) is 4.39 Å². The smallest absolute Gasteiger partial charge is 0.145 e. The molecule has 2 N–H and O–H groups in total. The van der Waals surface area contributed by atoms with Gasteiger partial charge in [-0.15, -0.1) is 0 Å². The fourth-order valence-corrected chi connectivity index (χ4v) is 2.04. The van der Waals surface area contributed by atoms with Gasteiger partial charge in [-0.2, -0.15) is 0 Å². The maximum atomic E-state index is 13.9. The van der Waals surface area contributed by atoms with Gasteiger partial charge in [0, 0.05) is 11.0 Å². The predicted octanol–water partition coefficient (Wildman–Crippen LogP) is 3.55. The minimum Gasteiger partial charge on any atom is -0.327 e. The van der Waals surface area contributed by atoms with Crippen LogP contribution in [0, 0.1) is 0 Å². The molecule has 1 rings (SSSR count). The molecule has 1 unspecified atom stereocenters. The quantitative estimate of drug-likeness (QED) is 0.892. The van der Waals surface area contributed by atoms with E-state index in [4.69, 9.17) is 5.73 Å². The van der Waals surface area contributed by atoms with Crippen molar-refractivity contribution in [2.75, 3.05) is 6.54 Å². The third kappa shape index (κ3) is 3.02. The number of hydrogen-bond acceptors (Lipinski definition) is 1. The van der Waals surface area contributed by atoms with Gasteiger partial charge < -0.3 is 5.73 Å². The molecule has 0 bridgehead atoms. The average molecular weight is 274 g/mol. The number of aryl methyl sites for hydroxylation is 1. The molecular formula is C12H17BrFN. The van der Waals surface area contributed by atoms with E-state index in [2.05, 4.69) is 22.9 Å². The zero-order chi connectivity index (χ0) is 11.5. The molecule has 0 aromatic heterocycles. The zero-order valence-corrected chi connectivity index (χ0v) is 10.8. The lowest BCUT2D eigenvalue weighted by atomic mass is 9.96. The molecule has 0 amide bonds. The van der Waals surface area contributed by atoms with Crippen LogP contribution in [0.5, 0.6) is 0 Å². The van der Waals surface area contributed by atoms with E-state index in [0.29, 0.717) is 5.56 Å². The molecule has 0 aliphatic rings. The Morgan fingerprint density at radius 3 is 2.60 bits per heavy atom. The van der Waals surface area contributed by atoms with E-state index in [0.717, 1.165) is 17.3 Å². The standard InChI is InChI=1S/C12H17BrFN/c1-3-4-9-5-6-10(7-11(9)13)12(2,14)8-15/h5-7H,3-4,8,15H2,1-2H3. The van der Waals surface area contributed by atoms with Gasteiger partial charge in [-0.1, -0.05) is 41.4 Å². The first kappa shape index (κ1) is 12.7. The van der Waals surface area contributed by atoms with Crippen molar-refractivity contribution in [3.8, 4) is 0 Å². The Morgan fingerprint density at radius 1 is 1.47 bits per heavy atom. The van der Waals surface area contributed by atoms with Crippen LogP contribution in [0.15, 0.2) is 22.7 Å². The topological polar surface area (TPSA) is 26.0 Å². The van der Waals surface area contributed by atoms with E-state index in [9.17, 15) is 4.39 Å². The molecule has 0 saturated heterocycles. The lowest BCUT2D eigenvalue weighted by molar-refractivity contribution is 0.203. The maximum absolute atomic E-state index is 13.9. The number of rotatable bonds is 4. The fraction of sp³-hybridized carbons (Fsp3) is 0.500. The van der Waals surface area contributed by atoms with Gasteiger partial charge in [0.1, 0.15) is 5.67 Å². The van der Waals surface area contributed by atoms with Crippen LogP contribution in [-0.4, -0.2) is 6.54 Å². The van der Waals surface area contributed by atoms with Crippen LogP contribution in [0.3, 0.4) is 0 Å². The molecule has 0 saturated carbocycles. The Kier molecular flexibility index (Phi) is 4.29. The number of halogens is 2. The number of alkyl halides is 1. The molecule has 1 nitrogen and oxygen atoms in total. The molecule has 1 atom stereocenters. The van der Waals surface area contributed by atoms with Crippen molar-refractivity contribution in [3.05, 3.63) is 33.8 Å². The van der Waals surface area contributed by atoms with Crippen molar-refractivity contribution in [1.29, 1.82) is 0 Å². The van der Waals surface area contributed by atoms with E-state index in [-0.39, 0.29) is 6.54 Å². The van der Waals surface area contributed by atoms with Gasteiger partial charge in [-0.3, -0.25) is 0 Å². The Labute approximate surface area is 99.0 Å². The van der Waals surface area contributed by atoms with E-state index in [1.165, 1.54) is 12.5 Å². The summed E-state index contributed by atoms with van der Waals surface area (Å²) < 4.78 is 14.9. The number of nitrogens with two attached hydrogens (primary N) is 1. The lowest BCUT2D eigenvalue weighted by Crippen LogP contribution is -2.26. The van der Waals surface area contributed by atoms with Gasteiger partial charge in [0.15, 0.2) is 0 Å². The molecule has 84 valence electrons. The monoisotopic (exact) mass is 273 g/mol. The van der Waals surface area contributed by atoms with Gasteiger partial charge in [-0.05, 0) is 30.5 Å². The minimum absolute atomic E-state index is 0.00651. The Hall–Kier alpha value is -0.410. The summed E-state index contributed by atoms with van der Waals surface area (Å²) in [6.45, 7) is 3.64. The van der Waals surface area contributed by atoms with Gasteiger partial charge in [0.25, 0.3) is 0 Å². The maximum Gasteiger partial charge on any atom is 0.145 e. The Bertz CT molecular complexity index is 336. The second kappa shape index (κ2) is 5.08. The average Bonchev–Trinajstić information content (AvgIpc) is 2.21. The normalized spacial score (nSPS) is 15.0. The van der Waals surface area contributed by atoms with Crippen molar-refractivity contribution >= 4 is 15.9 Å². The summed E-state index contributed by atoms with van der Waals surface area (Å²) in [4.78, 5) is 0. The van der Waals surface area contributed by atoms with E-state index in [1.54, 1.807) is 0 Å². The molecule has 0 radical (unpaired) electrons. The SMILES string of the molecule is CCCc1ccc(C(C)(F)CN)cc1Br. The number of benzene rings is 1. The summed E-state index contributed by atoms with van der Waals surface area (Å²) in [6, 6.07) is 5.62. The molecule has 1 aromatic rings. The second-order valence-corrected chi connectivity index (χ2v) is 4.81. The summed E-state index contributed by atoms with van der Waals surface area (Å²) in [5.74, 6) is 0. The minimum atomic E-state index is -1.44. The highest BCUT2D eigenvalue weighted by molar-refractivity contribution is 9.10. The highest BCUT2D eigenvalue weighted by atomic mass is 79.9. The first-order valence-corrected chi connectivity index (χ1v) is 5.98. The van der Waals surface area contributed by atoms with Crippen molar-refractivity contribution in [1.82, 2.24) is 0 Å². The largest absolute Gasteiger partial charge is 0.327 e. The lowest BCUT2D eigenvalue weighted by Gasteiger charge is -2.19. The fourth-order valence-electron chi connectivity index (χ4n) is 1.46. The molecule has 0 heterocycles.